The molecule has 0 unspecified atom stereocenters. The van der Waals surface area contributed by atoms with Gasteiger partial charge in [-0.05, 0) is 29.3 Å². The SMILES string of the molecule is CC(C)(C)c1cc(NC(=O)CSc2nnnn2C2CCCC2)n(-c2ncccn2)n1. The number of nitrogens with zero attached hydrogens (tertiary/aromatic N) is 8. The van der Waals surface area contributed by atoms with Crippen molar-refractivity contribution < 1.29 is 4.79 Å². The van der Waals surface area contributed by atoms with Crippen LogP contribution < -0.4 is 5.32 Å². The van der Waals surface area contributed by atoms with Gasteiger partial charge >= 0.3 is 0 Å². The molecule has 1 aliphatic carbocycles. The Balaban J connectivity index is 1.48. The summed E-state index contributed by atoms with van der Waals surface area (Å²) in [6, 6.07) is 3.93. The highest BCUT2D eigenvalue weighted by Gasteiger charge is 2.24. The van der Waals surface area contributed by atoms with Crippen LogP contribution in [0.2, 0.25) is 0 Å². The molecule has 11 heteroatoms. The highest BCUT2D eigenvalue weighted by Crippen LogP contribution is 2.31. The van der Waals surface area contributed by atoms with Crippen LogP contribution in [0.5, 0.6) is 0 Å². The first-order valence-corrected chi connectivity index (χ1v) is 11.0. The zero-order chi connectivity index (χ0) is 21.1. The fourth-order valence-electron chi connectivity index (χ4n) is 3.36. The minimum atomic E-state index is -0.183. The monoisotopic (exact) mass is 427 g/mol. The number of hydrogen-bond acceptors (Lipinski definition) is 8. The maximum absolute atomic E-state index is 12.7. The van der Waals surface area contributed by atoms with E-state index in [0.29, 0.717) is 23.0 Å². The van der Waals surface area contributed by atoms with Crippen molar-refractivity contribution in [3.8, 4) is 5.95 Å². The molecule has 3 aromatic heterocycles. The number of tetrazole rings is 1. The lowest BCUT2D eigenvalue weighted by Gasteiger charge is -2.13. The summed E-state index contributed by atoms with van der Waals surface area (Å²) in [7, 11) is 0. The maximum atomic E-state index is 12.7. The van der Waals surface area contributed by atoms with E-state index < -0.39 is 0 Å². The first-order chi connectivity index (χ1) is 14.4. The molecule has 1 saturated carbocycles. The second-order valence-electron chi connectivity index (χ2n) is 8.31. The van der Waals surface area contributed by atoms with Crippen LogP contribution in [-0.4, -0.2) is 51.6 Å². The Morgan fingerprint density at radius 2 is 1.97 bits per heavy atom. The molecule has 1 amide bonds. The third kappa shape index (κ3) is 4.50. The van der Waals surface area contributed by atoms with Crippen molar-refractivity contribution in [3.63, 3.8) is 0 Å². The molecule has 0 atom stereocenters. The zero-order valence-corrected chi connectivity index (χ0v) is 18.1. The molecule has 0 radical (unpaired) electrons. The molecule has 158 valence electrons. The van der Waals surface area contributed by atoms with Gasteiger partial charge in [-0.1, -0.05) is 45.4 Å². The number of aromatic nitrogens is 8. The van der Waals surface area contributed by atoms with E-state index in [0.717, 1.165) is 18.5 Å². The van der Waals surface area contributed by atoms with Crippen LogP contribution in [0.3, 0.4) is 0 Å². The third-order valence-corrected chi connectivity index (χ3v) is 5.89. The summed E-state index contributed by atoms with van der Waals surface area (Å²) in [5.41, 5.74) is 0.653. The minimum absolute atomic E-state index is 0.168. The third-order valence-electron chi connectivity index (χ3n) is 4.95. The molecule has 4 rings (SSSR count). The van der Waals surface area contributed by atoms with Crippen LogP contribution in [0, 0.1) is 0 Å². The summed E-state index contributed by atoms with van der Waals surface area (Å²) in [6.07, 6.45) is 7.83. The van der Waals surface area contributed by atoms with Gasteiger partial charge in [0.15, 0.2) is 0 Å². The van der Waals surface area contributed by atoms with Crippen molar-refractivity contribution in [2.75, 3.05) is 11.1 Å². The Hall–Kier alpha value is -2.82. The fraction of sp³-hybridized carbons (Fsp3) is 0.526. The quantitative estimate of drug-likeness (QED) is 0.597. The van der Waals surface area contributed by atoms with Gasteiger partial charge in [-0.2, -0.15) is 9.78 Å². The Labute approximate surface area is 178 Å². The Morgan fingerprint density at radius 3 is 2.67 bits per heavy atom. The van der Waals surface area contributed by atoms with E-state index in [-0.39, 0.29) is 17.1 Å². The van der Waals surface area contributed by atoms with Gasteiger partial charge in [0.05, 0.1) is 17.5 Å². The standard InChI is InChI=1S/C19H25N9OS/c1-19(2,3)14-11-15(28(24-14)17-20-9-6-10-21-17)22-16(29)12-30-18-23-25-26-27(18)13-7-4-5-8-13/h6,9-11,13H,4-5,7-8,12H2,1-3H3,(H,22,29). The van der Waals surface area contributed by atoms with Crippen LogP contribution in [0.1, 0.15) is 58.2 Å². The molecule has 1 N–H and O–H groups in total. The number of thioether (sulfide) groups is 1. The lowest BCUT2D eigenvalue weighted by atomic mass is 9.92. The molecule has 10 nitrogen and oxygen atoms in total. The van der Waals surface area contributed by atoms with Crippen molar-refractivity contribution in [1.29, 1.82) is 0 Å². The van der Waals surface area contributed by atoms with E-state index in [9.17, 15) is 4.79 Å². The normalized spacial score (nSPS) is 14.9. The Kier molecular flexibility index (Phi) is 5.80. The molecular weight excluding hydrogens is 402 g/mol. The molecule has 3 aromatic rings. The topological polar surface area (TPSA) is 116 Å². The number of anilines is 1. The van der Waals surface area contributed by atoms with Crippen LogP contribution in [0.25, 0.3) is 5.95 Å². The highest BCUT2D eigenvalue weighted by atomic mass is 32.2. The predicted molar refractivity (Wildman–Crippen MR) is 113 cm³/mol. The average molecular weight is 428 g/mol. The molecule has 0 aliphatic heterocycles. The van der Waals surface area contributed by atoms with Gasteiger partial charge in [0, 0.05) is 23.9 Å². The second-order valence-corrected chi connectivity index (χ2v) is 9.25. The van der Waals surface area contributed by atoms with E-state index in [1.54, 1.807) is 23.1 Å². The van der Waals surface area contributed by atoms with Crippen LogP contribution in [0.15, 0.2) is 29.7 Å². The average Bonchev–Trinajstić information content (AvgIpc) is 3.46. The first kappa shape index (κ1) is 20.5. The second kappa shape index (κ2) is 8.50. The summed E-state index contributed by atoms with van der Waals surface area (Å²) in [6.45, 7) is 6.20. The largest absolute Gasteiger partial charge is 0.310 e. The van der Waals surface area contributed by atoms with Gasteiger partial charge in [0.1, 0.15) is 5.82 Å². The fourth-order valence-corrected chi connectivity index (χ4v) is 4.10. The number of amides is 1. The molecule has 0 bridgehead atoms. The van der Waals surface area contributed by atoms with Crippen molar-refractivity contribution in [1.82, 2.24) is 40.0 Å². The van der Waals surface area contributed by atoms with Crippen molar-refractivity contribution in [2.24, 2.45) is 0 Å². The van der Waals surface area contributed by atoms with E-state index in [1.165, 1.54) is 24.6 Å². The Morgan fingerprint density at radius 1 is 1.23 bits per heavy atom. The smallest absolute Gasteiger partial charge is 0.252 e. The summed E-state index contributed by atoms with van der Waals surface area (Å²) in [4.78, 5) is 21.2. The van der Waals surface area contributed by atoms with Gasteiger partial charge < -0.3 is 5.32 Å². The van der Waals surface area contributed by atoms with E-state index in [2.05, 4.69) is 56.7 Å². The van der Waals surface area contributed by atoms with Crippen molar-refractivity contribution in [3.05, 3.63) is 30.2 Å². The van der Waals surface area contributed by atoms with Crippen molar-refractivity contribution >= 4 is 23.5 Å². The Bertz CT molecular complexity index is 1000. The summed E-state index contributed by atoms with van der Waals surface area (Å²) in [5, 5.41) is 20.2. The number of carbonyl (C=O) groups is 1. The number of carbonyl (C=O) groups excluding carboxylic acids is 1. The van der Waals surface area contributed by atoms with Gasteiger partial charge in [-0.3, -0.25) is 4.79 Å². The molecule has 0 saturated heterocycles. The maximum Gasteiger partial charge on any atom is 0.252 e. The molecular formula is C19H25N9OS. The van der Waals surface area contributed by atoms with E-state index in [4.69, 9.17) is 0 Å². The minimum Gasteiger partial charge on any atom is -0.310 e. The zero-order valence-electron chi connectivity index (χ0n) is 17.3. The van der Waals surface area contributed by atoms with E-state index >= 15 is 0 Å². The predicted octanol–water partition coefficient (Wildman–Crippen LogP) is 2.79. The van der Waals surface area contributed by atoms with Crippen molar-refractivity contribution in [2.45, 2.75) is 63.1 Å². The molecule has 1 fully saturated rings. The van der Waals surface area contributed by atoms with Crippen LogP contribution in [-0.2, 0) is 10.2 Å². The summed E-state index contributed by atoms with van der Waals surface area (Å²) >= 11 is 1.34. The number of nitrogens with one attached hydrogen (secondary N) is 1. The van der Waals surface area contributed by atoms with E-state index in [1.807, 2.05) is 10.7 Å². The molecule has 0 spiro atoms. The van der Waals surface area contributed by atoms with Crippen LogP contribution in [0.4, 0.5) is 5.82 Å². The molecule has 0 aromatic carbocycles. The summed E-state index contributed by atoms with van der Waals surface area (Å²) in [5.74, 6) is 0.963. The number of rotatable bonds is 6. The molecule has 1 aliphatic rings. The lowest BCUT2D eigenvalue weighted by molar-refractivity contribution is -0.113. The van der Waals surface area contributed by atoms with Gasteiger partial charge in [0.2, 0.25) is 11.1 Å². The first-order valence-electron chi connectivity index (χ1n) is 10.0. The van der Waals surface area contributed by atoms with Gasteiger partial charge in [-0.25, -0.2) is 14.6 Å². The molecule has 3 heterocycles. The highest BCUT2D eigenvalue weighted by molar-refractivity contribution is 7.99. The van der Waals surface area contributed by atoms with Gasteiger partial charge in [0.25, 0.3) is 5.95 Å². The lowest BCUT2D eigenvalue weighted by Crippen LogP contribution is -2.18. The number of hydrogen-bond donors (Lipinski definition) is 1. The molecule has 30 heavy (non-hydrogen) atoms. The van der Waals surface area contributed by atoms with Crippen LogP contribution >= 0.6 is 11.8 Å². The van der Waals surface area contributed by atoms with Gasteiger partial charge in [-0.15, -0.1) is 5.10 Å². The summed E-state index contributed by atoms with van der Waals surface area (Å²) < 4.78 is 3.41.